The fourth-order valence-electron chi connectivity index (χ4n) is 1.78. The molecular weight excluding hydrogens is 230 g/mol. The lowest BCUT2D eigenvalue weighted by Crippen LogP contribution is -2.36. The van der Waals surface area contributed by atoms with E-state index in [-0.39, 0.29) is 17.8 Å². The zero-order chi connectivity index (χ0) is 13.7. The molecule has 0 aromatic heterocycles. The highest BCUT2D eigenvalue weighted by Crippen LogP contribution is 2.10. The third kappa shape index (κ3) is 3.76. The average Bonchev–Trinajstić information content (AvgIpc) is 2.28. The number of aryl methyl sites for hydroxylation is 2. The number of amidine groups is 1. The fourth-order valence-corrected chi connectivity index (χ4v) is 1.78. The van der Waals surface area contributed by atoms with Crippen LogP contribution in [0.4, 0.5) is 0 Å². The van der Waals surface area contributed by atoms with Crippen LogP contribution in [0.2, 0.25) is 0 Å². The minimum Gasteiger partial charge on any atom is -0.409 e. The van der Waals surface area contributed by atoms with Crippen molar-refractivity contribution >= 4 is 11.7 Å². The summed E-state index contributed by atoms with van der Waals surface area (Å²) in [4.78, 5) is 12.0. The van der Waals surface area contributed by atoms with Crippen molar-refractivity contribution < 1.29 is 10.0 Å². The van der Waals surface area contributed by atoms with E-state index < -0.39 is 0 Å². The Morgan fingerprint density at radius 1 is 1.50 bits per heavy atom. The highest BCUT2D eigenvalue weighted by Gasteiger charge is 2.13. The summed E-state index contributed by atoms with van der Waals surface area (Å²) < 4.78 is 0. The number of rotatable bonds is 4. The SMILES string of the molecule is Cc1ccc(C(=O)NC(C)CC(N)=NO)c(C)c1. The quantitative estimate of drug-likeness (QED) is 0.327. The van der Waals surface area contributed by atoms with Gasteiger partial charge < -0.3 is 16.3 Å². The van der Waals surface area contributed by atoms with Gasteiger partial charge in [-0.2, -0.15) is 0 Å². The van der Waals surface area contributed by atoms with E-state index in [1.807, 2.05) is 26.0 Å². The lowest BCUT2D eigenvalue weighted by atomic mass is 10.0. The molecule has 1 unspecified atom stereocenters. The minimum absolute atomic E-state index is 0.100. The number of oxime groups is 1. The van der Waals surface area contributed by atoms with Crippen molar-refractivity contribution in [3.63, 3.8) is 0 Å². The van der Waals surface area contributed by atoms with Gasteiger partial charge in [0.1, 0.15) is 5.84 Å². The standard InChI is InChI=1S/C13H19N3O2/c1-8-4-5-11(9(2)6-8)13(17)15-10(3)7-12(14)16-18/h4-6,10,18H,7H2,1-3H3,(H2,14,16)(H,15,17). The molecule has 4 N–H and O–H groups in total. The molecule has 5 nitrogen and oxygen atoms in total. The second kappa shape index (κ2) is 6.05. The molecule has 1 aromatic rings. The Balaban J connectivity index is 2.71. The van der Waals surface area contributed by atoms with Gasteiger partial charge in [-0.1, -0.05) is 22.9 Å². The number of benzene rings is 1. The first-order chi connectivity index (χ1) is 8.43. The van der Waals surface area contributed by atoms with Crippen LogP contribution >= 0.6 is 0 Å². The van der Waals surface area contributed by atoms with Crippen LogP contribution in [0.25, 0.3) is 0 Å². The van der Waals surface area contributed by atoms with Crippen LogP contribution in [0.15, 0.2) is 23.4 Å². The molecule has 18 heavy (non-hydrogen) atoms. The van der Waals surface area contributed by atoms with Crippen molar-refractivity contribution in [1.29, 1.82) is 0 Å². The van der Waals surface area contributed by atoms with Crippen LogP contribution in [0, 0.1) is 13.8 Å². The summed E-state index contributed by atoms with van der Waals surface area (Å²) in [6.45, 7) is 5.69. The molecule has 1 atom stereocenters. The lowest BCUT2D eigenvalue weighted by Gasteiger charge is -2.14. The summed E-state index contributed by atoms with van der Waals surface area (Å²) in [5, 5.41) is 14.2. The first-order valence-corrected chi connectivity index (χ1v) is 5.78. The molecule has 0 heterocycles. The third-order valence-corrected chi connectivity index (χ3v) is 2.65. The van der Waals surface area contributed by atoms with Crippen LogP contribution in [0.3, 0.4) is 0 Å². The number of hydrogen-bond acceptors (Lipinski definition) is 3. The van der Waals surface area contributed by atoms with Gasteiger partial charge in [0.15, 0.2) is 0 Å². The van der Waals surface area contributed by atoms with Crippen LogP contribution in [0.1, 0.15) is 34.8 Å². The van der Waals surface area contributed by atoms with E-state index in [2.05, 4.69) is 10.5 Å². The van der Waals surface area contributed by atoms with Gasteiger partial charge in [-0.25, -0.2) is 0 Å². The predicted octanol–water partition coefficient (Wildman–Crippen LogP) is 1.56. The summed E-state index contributed by atoms with van der Waals surface area (Å²) in [5.74, 6) is -0.0471. The van der Waals surface area contributed by atoms with Crippen molar-refractivity contribution in [3.05, 3.63) is 34.9 Å². The molecular formula is C13H19N3O2. The van der Waals surface area contributed by atoms with E-state index in [4.69, 9.17) is 10.9 Å². The predicted molar refractivity (Wildman–Crippen MR) is 70.9 cm³/mol. The van der Waals surface area contributed by atoms with Crippen molar-refractivity contribution in [2.45, 2.75) is 33.2 Å². The van der Waals surface area contributed by atoms with E-state index in [0.29, 0.717) is 12.0 Å². The van der Waals surface area contributed by atoms with Gasteiger partial charge in [0, 0.05) is 18.0 Å². The zero-order valence-electron chi connectivity index (χ0n) is 10.9. The Hall–Kier alpha value is -2.04. The summed E-state index contributed by atoms with van der Waals surface area (Å²) in [7, 11) is 0. The topological polar surface area (TPSA) is 87.7 Å². The van der Waals surface area contributed by atoms with Crippen molar-refractivity contribution in [1.82, 2.24) is 5.32 Å². The van der Waals surface area contributed by atoms with Gasteiger partial charge in [0.05, 0.1) is 0 Å². The second-order valence-electron chi connectivity index (χ2n) is 4.49. The van der Waals surface area contributed by atoms with Gasteiger partial charge in [-0.15, -0.1) is 0 Å². The number of hydrogen-bond donors (Lipinski definition) is 3. The van der Waals surface area contributed by atoms with E-state index in [0.717, 1.165) is 11.1 Å². The largest absolute Gasteiger partial charge is 0.409 e. The number of amides is 1. The molecule has 0 aliphatic rings. The molecule has 1 rings (SSSR count). The fraction of sp³-hybridized carbons (Fsp3) is 0.385. The Kier molecular flexibility index (Phi) is 4.71. The van der Waals surface area contributed by atoms with Crippen molar-refractivity contribution in [2.24, 2.45) is 10.9 Å². The van der Waals surface area contributed by atoms with Gasteiger partial charge in [-0.05, 0) is 32.4 Å². The molecule has 1 amide bonds. The molecule has 0 spiro atoms. The summed E-state index contributed by atoms with van der Waals surface area (Å²) in [6, 6.07) is 5.48. The van der Waals surface area contributed by atoms with Crippen LogP contribution in [-0.4, -0.2) is 23.0 Å². The van der Waals surface area contributed by atoms with Crippen LogP contribution < -0.4 is 11.1 Å². The highest BCUT2D eigenvalue weighted by atomic mass is 16.4. The van der Waals surface area contributed by atoms with Crippen molar-refractivity contribution in [3.8, 4) is 0 Å². The second-order valence-corrected chi connectivity index (χ2v) is 4.49. The maximum atomic E-state index is 12.0. The van der Waals surface area contributed by atoms with E-state index in [1.54, 1.807) is 13.0 Å². The molecule has 0 saturated heterocycles. The number of nitrogens with one attached hydrogen (secondary N) is 1. The summed E-state index contributed by atoms with van der Waals surface area (Å²) >= 11 is 0. The normalized spacial score (nSPS) is 13.2. The van der Waals surface area contributed by atoms with Crippen molar-refractivity contribution in [2.75, 3.05) is 0 Å². The molecule has 0 fully saturated rings. The lowest BCUT2D eigenvalue weighted by molar-refractivity contribution is 0.0940. The van der Waals surface area contributed by atoms with Gasteiger partial charge in [0.25, 0.3) is 5.91 Å². The number of nitrogens with zero attached hydrogens (tertiary/aromatic N) is 1. The van der Waals surface area contributed by atoms with E-state index in [1.165, 1.54) is 0 Å². The molecule has 0 aliphatic carbocycles. The molecule has 5 heteroatoms. The smallest absolute Gasteiger partial charge is 0.251 e. The monoisotopic (exact) mass is 249 g/mol. The van der Waals surface area contributed by atoms with E-state index >= 15 is 0 Å². The summed E-state index contributed by atoms with van der Waals surface area (Å²) in [5.41, 5.74) is 8.09. The first-order valence-electron chi connectivity index (χ1n) is 5.78. The van der Waals surface area contributed by atoms with Crippen LogP contribution in [-0.2, 0) is 0 Å². The van der Waals surface area contributed by atoms with Gasteiger partial charge >= 0.3 is 0 Å². The highest BCUT2D eigenvalue weighted by molar-refractivity contribution is 5.96. The number of nitrogens with two attached hydrogens (primary N) is 1. The first kappa shape index (κ1) is 14.0. The number of carbonyl (C=O) groups excluding carboxylic acids is 1. The molecule has 98 valence electrons. The Labute approximate surface area is 107 Å². The Morgan fingerprint density at radius 2 is 2.17 bits per heavy atom. The number of carbonyl (C=O) groups is 1. The zero-order valence-corrected chi connectivity index (χ0v) is 10.9. The Morgan fingerprint density at radius 3 is 2.72 bits per heavy atom. The molecule has 1 aromatic carbocycles. The maximum absolute atomic E-state index is 12.0. The molecule has 0 radical (unpaired) electrons. The third-order valence-electron chi connectivity index (χ3n) is 2.65. The van der Waals surface area contributed by atoms with Gasteiger partial charge in [-0.3, -0.25) is 4.79 Å². The van der Waals surface area contributed by atoms with E-state index in [9.17, 15) is 4.79 Å². The van der Waals surface area contributed by atoms with Gasteiger partial charge in [0.2, 0.25) is 0 Å². The average molecular weight is 249 g/mol. The maximum Gasteiger partial charge on any atom is 0.251 e. The van der Waals surface area contributed by atoms with Crippen LogP contribution in [0.5, 0.6) is 0 Å². The summed E-state index contributed by atoms with van der Waals surface area (Å²) in [6.07, 6.45) is 0.313. The Bertz CT molecular complexity index is 469. The minimum atomic E-state index is -0.186. The molecule has 0 bridgehead atoms. The molecule has 0 aliphatic heterocycles. The molecule has 0 saturated carbocycles.